The minimum absolute atomic E-state index is 0.281. The van der Waals surface area contributed by atoms with E-state index in [1.54, 1.807) is 12.1 Å². The number of hydrogen-bond acceptors (Lipinski definition) is 2. The summed E-state index contributed by atoms with van der Waals surface area (Å²) >= 11 is 7.28. The van der Waals surface area contributed by atoms with Gasteiger partial charge in [-0.15, -0.1) is 0 Å². The van der Waals surface area contributed by atoms with Crippen LogP contribution in [0.4, 0.5) is 0 Å². The smallest absolute Gasteiger partial charge is 0.336 e. The number of carboxylic acids is 1. The van der Waals surface area contributed by atoms with Gasteiger partial charge in [0.05, 0.1) is 5.56 Å². The highest BCUT2D eigenvalue weighted by molar-refractivity contribution is 9.10. The fourth-order valence-corrected chi connectivity index (χ4v) is 1.67. The summed E-state index contributed by atoms with van der Waals surface area (Å²) in [5.74, 6) is -0.134. The van der Waals surface area contributed by atoms with Crippen molar-refractivity contribution in [2.24, 2.45) is 0 Å². The summed E-state index contributed by atoms with van der Waals surface area (Å²) in [7, 11) is 0. The maximum atomic E-state index is 10.8. The highest BCUT2D eigenvalue weighted by Gasteiger charge is 2.07. The average molecular weight is 287 g/mol. The molecule has 0 heterocycles. The monoisotopic (exact) mass is 286 g/mol. The molecule has 1 aromatic rings. The Morgan fingerprint density at radius 3 is 2.87 bits per heavy atom. The summed E-state index contributed by atoms with van der Waals surface area (Å²) in [5, 5.41) is 8.90. The van der Waals surface area contributed by atoms with Gasteiger partial charge in [0.25, 0.3) is 0 Å². The van der Waals surface area contributed by atoms with Crippen LogP contribution in [0.25, 0.3) is 6.08 Å². The second-order valence-corrected chi connectivity index (χ2v) is 4.26. The first-order chi connectivity index (χ1) is 7.15. The molecule has 15 heavy (non-hydrogen) atoms. The van der Waals surface area contributed by atoms with Crippen molar-refractivity contribution in [2.75, 3.05) is 5.75 Å². The number of hydrogen-bond donors (Lipinski definition) is 2. The van der Waals surface area contributed by atoms with E-state index < -0.39 is 5.97 Å². The van der Waals surface area contributed by atoms with Crippen molar-refractivity contribution in [1.82, 2.24) is 0 Å². The van der Waals surface area contributed by atoms with E-state index in [1.165, 1.54) is 0 Å². The molecule has 1 N–H and O–H groups in total. The van der Waals surface area contributed by atoms with E-state index >= 15 is 0 Å². The molecule has 0 saturated carbocycles. The molecule has 1 aromatic carbocycles. The molecule has 80 valence electrons. The number of thiol groups is 1. The topological polar surface area (TPSA) is 37.3 Å². The summed E-state index contributed by atoms with van der Waals surface area (Å²) in [6.45, 7) is 0. The van der Waals surface area contributed by atoms with Gasteiger partial charge in [0.1, 0.15) is 0 Å². The molecule has 0 aliphatic rings. The number of halogens is 1. The Hall–Kier alpha value is -0.740. The summed E-state index contributed by atoms with van der Waals surface area (Å²) in [6, 6.07) is 5.25. The minimum Gasteiger partial charge on any atom is -0.478 e. The van der Waals surface area contributed by atoms with Gasteiger partial charge < -0.3 is 5.11 Å². The van der Waals surface area contributed by atoms with E-state index in [9.17, 15) is 4.79 Å². The Labute approximate surface area is 103 Å². The van der Waals surface area contributed by atoms with E-state index in [4.69, 9.17) is 5.11 Å². The van der Waals surface area contributed by atoms with Gasteiger partial charge in [0, 0.05) is 4.47 Å². The molecule has 0 aliphatic carbocycles. The third-order valence-electron chi connectivity index (χ3n) is 1.83. The Kier molecular flexibility index (Phi) is 4.91. The Bertz CT molecular complexity index is 388. The van der Waals surface area contributed by atoms with Crippen molar-refractivity contribution in [3.63, 3.8) is 0 Å². The van der Waals surface area contributed by atoms with Crippen LogP contribution in [0, 0.1) is 0 Å². The highest BCUT2D eigenvalue weighted by Crippen LogP contribution is 2.19. The molecule has 0 bridgehead atoms. The lowest BCUT2D eigenvalue weighted by Gasteiger charge is -2.00. The molecule has 0 unspecified atom stereocenters. The zero-order valence-electron chi connectivity index (χ0n) is 7.98. The van der Waals surface area contributed by atoms with Crippen molar-refractivity contribution in [1.29, 1.82) is 0 Å². The van der Waals surface area contributed by atoms with Crippen LogP contribution in [0.3, 0.4) is 0 Å². The number of rotatable bonds is 4. The molecule has 0 aromatic heterocycles. The first-order valence-electron chi connectivity index (χ1n) is 4.45. The summed E-state index contributed by atoms with van der Waals surface area (Å²) in [5.41, 5.74) is 1.17. The van der Waals surface area contributed by atoms with Gasteiger partial charge in [-0.2, -0.15) is 12.6 Å². The van der Waals surface area contributed by atoms with E-state index in [1.807, 2.05) is 18.2 Å². The quantitative estimate of drug-likeness (QED) is 0.832. The second-order valence-electron chi connectivity index (χ2n) is 2.96. The van der Waals surface area contributed by atoms with Gasteiger partial charge in [-0.05, 0) is 45.8 Å². The maximum absolute atomic E-state index is 10.8. The van der Waals surface area contributed by atoms with E-state index in [2.05, 4.69) is 28.6 Å². The molecule has 4 heteroatoms. The maximum Gasteiger partial charge on any atom is 0.336 e. The molecular weight excluding hydrogens is 276 g/mol. The fourth-order valence-electron chi connectivity index (χ4n) is 1.10. The molecule has 0 radical (unpaired) electrons. The number of aromatic carboxylic acids is 1. The van der Waals surface area contributed by atoms with Crippen LogP contribution in [-0.4, -0.2) is 16.8 Å². The number of carboxylic acid groups (broad SMARTS) is 1. The molecule has 0 aliphatic heterocycles. The number of carbonyl (C=O) groups is 1. The molecule has 1 rings (SSSR count). The third kappa shape index (κ3) is 3.72. The summed E-state index contributed by atoms with van der Waals surface area (Å²) < 4.78 is 0.598. The van der Waals surface area contributed by atoms with Crippen molar-refractivity contribution < 1.29 is 9.90 Å². The number of allylic oxidation sites excluding steroid dienone is 1. The zero-order valence-corrected chi connectivity index (χ0v) is 10.5. The van der Waals surface area contributed by atoms with E-state index in [0.717, 1.165) is 17.7 Å². The first kappa shape index (κ1) is 12.3. The zero-order chi connectivity index (χ0) is 11.3. The minimum atomic E-state index is -0.925. The van der Waals surface area contributed by atoms with Crippen LogP contribution in [0.5, 0.6) is 0 Å². The standard InChI is InChI=1S/C11H11BrO2S/c12-10-5-4-8(3-1-2-6-15)7-9(10)11(13)14/h1,3-5,7,15H,2,6H2,(H,13,14). The molecule has 0 atom stereocenters. The van der Waals surface area contributed by atoms with Gasteiger partial charge in [-0.25, -0.2) is 4.79 Å². The molecule has 0 fully saturated rings. The van der Waals surface area contributed by atoms with Gasteiger partial charge in [-0.1, -0.05) is 18.2 Å². The second kappa shape index (κ2) is 5.98. The van der Waals surface area contributed by atoms with Crippen molar-refractivity contribution in [2.45, 2.75) is 6.42 Å². The first-order valence-corrected chi connectivity index (χ1v) is 5.88. The van der Waals surface area contributed by atoms with Crippen LogP contribution < -0.4 is 0 Å². The van der Waals surface area contributed by atoms with E-state index in [-0.39, 0.29) is 5.56 Å². The van der Waals surface area contributed by atoms with Crippen molar-refractivity contribution >= 4 is 40.6 Å². The predicted octanol–water partition coefficient (Wildman–Crippen LogP) is 3.48. The molecule has 0 amide bonds. The molecule has 0 saturated heterocycles. The van der Waals surface area contributed by atoms with Crippen LogP contribution in [-0.2, 0) is 0 Å². The lowest BCUT2D eigenvalue weighted by atomic mass is 10.1. The Morgan fingerprint density at radius 1 is 1.53 bits per heavy atom. The summed E-state index contributed by atoms with van der Waals surface area (Å²) in [4.78, 5) is 10.8. The van der Waals surface area contributed by atoms with E-state index in [0.29, 0.717) is 4.47 Å². The lowest BCUT2D eigenvalue weighted by molar-refractivity contribution is 0.0696. The van der Waals surface area contributed by atoms with Crippen LogP contribution >= 0.6 is 28.6 Å². The largest absolute Gasteiger partial charge is 0.478 e. The van der Waals surface area contributed by atoms with Gasteiger partial charge in [0.15, 0.2) is 0 Å². The van der Waals surface area contributed by atoms with Gasteiger partial charge in [-0.3, -0.25) is 0 Å². The van der Waals surface area contributed by atoms with Gasteiger partial charge in [0.2, 0.25) is 0 Å². The SMILES string of the molecule is O=C(O)c1cc(C=CCCS)ccc1Br. The lowest BCUT2D eigenvalue weighted by Crippen LogP contribution is -1.97. The highest BCUT2D eigenvalue weighted by atomic mass is 79.9. The van der Waals surface area contributed by atoms with Crippen LogP contribution in [0.1, 0.15) is 22.3 Å². The van der Waals surface area contributed by atoms with Crippen molar-refractivity contribution in [3.8, 4) is 0 Å². The molecular formula is C11H11BrO2S. The normalized spacial score (nSPS) is 10.8. The number of benzene rings is 1. The van der Waals surface area contributed by atoms with Gasteiger partial charge >= 0.3 is 5.97 Å². The third-order valence-corrected chi connectivity index (χ3v) is 2.78. The molecule has 0 spiro atoms. The predicted molar refractivity (Wildman–Crippen MR) is 68.6 cm³/mol. The average Bonchev–Trinajstić information content (AvgIpc) is 2.20. The summed E-state index contributed by atoms with van der Waals surface area (Å²) in [6.07, 6.45) is 4.75. The van der Waals surface area contributed by atoms with Crippen LogP contribution in [0.2, 0.25) is 0 Å². The fraction of sp³-hybridized carbons (Fsp3) is 0.182. The molecule has 2 nitrogen and oxygen atoms in total. The Balaban J connectivity index is 2.92. The Morgan fingerprint density at radius 2 is 2.27 bits per heavy atom. The van der Waals surface area contributed by atoms with Crippen LogP contribution in [0.15, 0.2) is 28.7 Å². The van der Waals surface area contributed by atoms with Crippen molar-refractivity contribution in [3.05, 3.63) is 39.9 Å².